The van der Waals surface area contributed by atoms with Crippen LogP contribution in [0.15, 0.2) is 48.5 Å². The number of anilines is 1. The largest absolute Gasteiger partial charge is 0.452 e. The van der Waals surface area contributed by atoms with Gasteiger partial charge in [-0.25, -0.2) is 18.6 Å². The molecule has 5 nitrogen and oxygen atoms in total. The van der Waals surface area contributed by atoms with Gasteiger partial charge in [0.15, 0.2) is 6.61 Å². The maximum atomic E-state index is 13.5. The molecule has 0 fully saturated rings. The van der Waals surface area contributed by atoms with Gasteiger partial charge in [0, 0.05) is 11.5 Å². The molecule has 0 atom stereocenters. The van der Waals surface area contributed by atoms with E-state index in [1.54, 1.807) is 24.3 Å². The molecule has 26 heavy (non-hydrogen) atoms. The minimum Gasteiger partial charge on any atom is -0.452 e. The van der Waals surface area contributed by atoms with E-state index in [0.717, 1.165) is 18.2 Å². The van der Waals surface area contributed by atoms with Crippen LogP contribution in [0.25, 0.3) is 10.9 Å². The van der Waals surface area contributed by atoms with Crippen molar-refractivity contribution < 1.29 is 23.1 Å². The zero-order chi connectivity index (χ0) is 18.7. The molecule has 0 spiro atoms. The van der Waals surface area contributed by atoms with Gasteiger partial charge in [0.25, 0.3) is 5.91 Å². The number of amides is 1. The second-order valence-corrected chi connectivity index (χ2v) is 5.65. The summed E-state index contributed by atoms with van der Waals surface area (Å²) < 4.78 is 31.5. The number of carbonyl (C=O) groups excluding carboxylic acids is 2. The minimum atomic E-state index is -0.813. The molecule has 0 saturated heterocycles. The molecule has 0 aliphatic heterocycles. The lowest BCUT2D eigenvalue weighted by Gasteiger charge is -2.09. The molecule has 1 heterocycles. The standard InChI is InChI=1S/C18H11ClF2N2O3/c19-16-8-12(11-3-1-2-4-14(11)22-16)18(25)26-9-17(24)23-15-7-10(20)5-6-13(15)21/h1-8H,9H2,(H,23,24). The Morgan fingerprint density at radius 1 is 1.12 bits per heavy atom. The number of benzene rings is 2. The van der Waals surface area contributed by atoms with Crippen LogP contribution in [0.1, 0.15) is 10.4 Å². The fourth-order valence-electron chi connectivity index (χ4n) is 2.30. The fraction of sp³-hybridized carbons (Fsp3) is 0.0556. The van der Waals surface area contributed by atoms with Crippen molar-refractivity contribution in [1.29, 1.82) is 0 Å². The van der Waals surface area contributed by atoms with Crippen molar-refractivity contribution in [3.63, 3.8) is 0 Å². The van der Waals surface area contributed by atoms with E-state index in [0.29, 0.717) is 10.9 Å². The quantitative estimate of drug-likeness (QED) is 0.552. The van der Waals surface area contributed by atoms with E-state index in [-0.39, 0.29) is 16.4 Å². The van der Waals surface area contributed by atoms with Crippen molar-refractivity contribution in [2.24, 2.45) is 0 Å². The Balaban J connectivity index is 1.71. The van der Waals surface area contributed by atoms with Crippen LogP contribution in [0.3, 0.4) is 0 Å². The van der Waals surface area contributed by atoms with Gasteiger partial charge in [0.05, 0.1) is 16.8 Å². The Kier molecular flexibility index (Phi) is 5.09. The molecule has 3 rings (SSSR count). The van der Waals surface area contributed by atoms with Crippen LogP contribution in [0.4, 0.5) is 14.5 Å². The molecule has 1 N–H and O–H groups in total. The third-order valence-electron chi connectivity index (χ3n) is 3.44. The van der Waals surface area contributed by atoms with E-state index < -0.39 is 30.1 Å². The Morgan fingerprint density at radius 2 is 1.88 bits per heavy atom. The number of pyridine rings is 1. The van der Waals surface area contributed by atoms with Crippen LogP contribution in [0, 0.1) is 11.6 Å². The first kappa shape index (κ1) is 17.8. The third-order valence-corrected chi connectivity index (χ3v) is 3.64. The van der Waals surface area contributed by atoms with Crippen LogP contribution in [-0.4, -0.2) is 23.5 Å². The molecule has 2 aromatic carbocycles. The molecule has 3 aromatic rings. The molecule has 0 bridgehead atoms. The summed E-state index contributed by atoms with van der Waals surface area (Å²) in [7, 11) is 0. The number of hydrogen-bond acceptors (Lipinski definition) is 4. The molecule has 0 radical (unpaired) electrons. The first-order valence-corrected chi connectivity index (χ1v) is 7.79. The molecule has 1 amide bonds. The van der Waals surface area contributed by atoms with Gasteiger partial charge >= 0.3 is 5.97 Å². The van der Waals surface area contributed by atoms with Crippen molar-refractivity contribution in [2.75, 3.05) is 11.9 Å². The Bertz CT molecular complexity index is 1010. The van der Waals surface area contributed by atoms with Crippen molar-refractivity contribution in [1.82, 2.24) is 4.98 Å². The van der Waals surface area contributed by atoms with E-state index in [1.807, 2.05) is 0 Å². The Labute approximate surface area is 151 Å². The molecule has 0 aliphatic carbocycles. The van der Waals surface area contributed by atoms with Crippen LogP contribution in [0.2, 0.25) is 5.15 Å². The smallest absolute Gasteiger partial charge is 0.339 e. The Morgan fingerprint density at radius 3 is 2.69 bits per heavy atom. The van der Waals surface area contributed by atoms with Crippen molar-refractivity contribution >= 4 is 40.1 Å². The maximum Gasteiger partial charge on any atom is 0.339 e. The molecular formula is C18H11ClF2N2O3. The van der Waals surface area contributed by atoms with E-state index >= 15 is 0 Å². The number of nitrogens with zero attached hydrogens (tertiary/aromatic N) is 1. The zero-order valence-electron chi connectivity index (χ0n) is 13.1. The third kappa shape index (κ3) is 3.94. The predicted octanol–water partition coefficient (Wildman–Crippen LogP) is 3.96. The van der Waals surface area contributed by atoms with Crippen molar-refractivity contribution in [3.8, 4) is 0 Å². The summed E-state index contributed by atoms with van der Waals surface area (Å²) in [6.45, 7) is -0.678. The van der Waals surface area contributed by atoms with Gasteiger partial charge in [-0.15, -0.1) is 0 Å². The summed E-state index contributed by atoms with van der Waals surface area (Å²) in [6, 6.07) is 10.7. The van der Waals surface area contributed by atoms with Crippen molar-refractivity contribution in [2.45, 2.75) is 0 Å². The number of nitrogens with one attached hydrogen (secondary N) is 1. The second kappa shape index (κ2) is 7.45. The van der Waals surface area contributed by atoms with Gasteiger partial charge in [-0.2, -0.15) is 0 Å². The van der Waals surface area contributed by atoms with Crippen LogP contribution in [-0.2, 0) is 9.53 Å². The van der Waals surface area contributed by atoms with Gasteiger partial charge in [0.1, 0.15) is 16.8 Å². The number of esters is 1. The minimum absolute atomic E-state index is 0.0990. The summed E-state index contributed by atoms with van der Waals surface area (Å²) in [4.78, 5) is 28.2. The molecular weight excluding hydrogens is 366 g/mol. The number of halogens is 3. The highest BCUT2D eigenvalue weighted by Crippen LogP contribution is 2.21. The highest BCUT2D eigenvalue weighted by Gasteiger charge is 2.16. The van der Waals surface area contributed by atoms with Gasteiger partial charge in [-0.1, -0.05) is 29.8 Å². The number of ether oxygens (including phenoxy) is 1. The zero-order valence-corrected chi connectivity index (χ0v) is 13.9. The van der Waals surface area contributed by atoms with Crippen LogP contribution < -0.4 is 5.32 Å². The summed E-state index contributed by atoms with van der Waals surface area (Å²) in [5.41, 5.74) is 0.298. The number of aromatic nitrogens is 1. The van der Waals surface area contributed by atoms with E-state index in [1.165, 1.54) is 6.07 Å². The lowest BCUT2D eigenvalue weighted by molar-refractivity contribution is -0.119. The summed E-state index contributed by atoms with van der Waals surface area (Å²) in [6.07, 6.45) is 0. The van der Waals surface area contributed by atoms with E-state index in [9.17, 15) is 18.4 Å². The number of hydrogen-bond donors (Lipinski definition) is 1. The number of para-hydroxylation sites is 1. The predicted molar refractivity (Wildman–Crippen MR) is 92.0 cm³/mol. The summed E-state index contributed by atoms with van der Waals surface area (Å²) in [5.74, 6) is -3.12. The van der Waals surface area contributed by atoms with Gasteiger partial charge < -0.3 is 10.1 Å². The maximum absolute atomic E-state index is 13.5. The average Bonchev–Trinajstić information content (AvgIpc) is 2.62. The van der Waals surface area contributed by atoms with E-state index in [2.05, 4.69) is 10.3 Å². The molecule has 1 aromatic heterocycles. The summed E-state index contributed by atoms with van der Waals surface area (Å²) >= 11 is 5.89. The van der Waals surface area contributed by atoms with Gasteiger partial charge in [0.2, 0.25) is 0 Å². The van der Waals surface area contributed by atoms with Crippen LogP contribution in [0.5, 0.6) is 0 Å². The molecule has 0 aliphatic rings. The SMILES string of the molecule is O=C(COC(=O)c1cc(Cl)nc2ccccc12)Nc1cc(F)ccc1F. The highest BCUT2D eigenvalue weighted by atomic mass is 35.5. The second-order valence-electron chi connectivity index (χ2n) is 5.26. The lowest BCUT2D eigenvalue weighted by atomic mass is 10.1. The fourth-order valence-corrected chi connectivity index (χ4v) is 2.50. The highest BCUT2D eigenvalue weighted by molar-refractivity contribution is 6.30. The van der Waals surface area contributed by atoms with E-state index in [4.69, 9.17) is 16.3 Å². The topological polar surface area (TPSA) is 68.3 Å². The first-order chi connectivity index (χ1) is 12.4. The Hall–Kier alpha value is -3.06. The summed E-state index contributed by atoms with van der Waals surface area (Å²) in [5, 5.41) is 2.75. The molecule has 0 unspecified atom stereocenters. The number of rotatable bonds is 4. The normalized spacial score (nSPS) is 10.6. The van der Waals surface area contributed by atoms with Crippen molar-refractivity contribution in [3.05, 3.63) is 70.9 Å². The molecule has 0 saturated carbocycles. The average molecular weight is 377 g/mol. The molecule has 132 valence electrons. The molecule has 8 heteroatoms. The number of fused-ring (bicyclic) bond motifs is 1. The van der Waals surface area contributed by atoms with Gasteiger partial charge in [-0.3, -0.25) is 4.79 Å². The first-order valence-electron chi connectivity index (χ1n) is 7.41. The van der Waals surface area contributed by atoms with Gasteiger partial charge in [-0.05, 0) is 24.3 Å². The van der Waals surface area contributed by atoms with Crippen LogP contribution >= 0.6 is 11.6 Å². The monoisotopic (exact) mass is 376 g/mol. The lowest BCUT2D eigenvalue weighted by Crippen LogP contribution is -2.21. The number of carbonyl (C=O) groups is 2.